The highest BCUT2D eigenvalue weighted by molar-refractivity contribution is 7.18. The number of anilines is 1. The van der Waals surface area contributed by atoms with Gasteiger partial charge in [0, 0.05) is 5.56 Å². The summed E-state index contributed by atoms with van der Waals surface area (Å²) in [7, 11) is 3.04. The molecule has 0 aliphatic carbocycles. The van der Waals surface area contributed by atoms with Gasteiger partial charge in [-0.2, -0.15) is 5.10 Å². The van der Waals surface area contributed by atoms with E-state index in [1.165, 1.54) is 20.4 Å². The van der Waals surface area contributed by atoms with Gasteiger partial charge in [0.2, 0.25) is 0 Å². The van der Waals surface area contributed by atoms with Gasteiger partial charge in [-0.3, -0.25) is 5.32 Å². The molecule has 172 valence electrons. The predicted octanol–water partition coefficient (Wildman–Crippen LogP) is 3.58. The van der Waals surface area contributed by atoms with Crippen molar-refractivity contribution in [2.45, 2.75) is 20.8 Å². The monoisotopic (exact) mass is 463 g/mol. The second kappa shape index (κ2) is 11.7. The average molecular weight is 464 g/mol. The van der Waals surface area contributed by atoms with Crippen molar-refractivity contribution in [2.24, 2.45) is 5.10 Å². The molecule has 1 heterocycles. The lowest BCUT2D eigenvalue weighted by Gasteiger charge is -2.07. The number of carbonyl (C=O) groups excluding carboxylic acids is 3. The highest BCUT2D eigenvalue weighted by Crippen LogP contribution is 2.34. The van der Waals surface area contributed by atoms with Crippen molar-refractivity contribution in [3.05, 3.63) is 39.8 Å². The molecule has 1 aromatic heterocycles. The van der Waals surface area contributed by atoms with Crippen LogP contribution >= 0.6 is 11.3 Å². The SMILES string of the molecule is CCOC(=O)c1sc(NC(=O)NN=Cc2cc(OC)ccc2OC)c(C(=O)OCC)c1C. The number of ether oxygens (including phenoxy) is 4. The quantitative estimate of drug-likeness (QED) is 0.331. The van der Waals surface area contributed by atoms with Crippen molar-refractivity contribution >= 4 is 40.5 Å². The molecule has 2 N–H and O–H groups in total. The summed E-state index contributed by atoms with van der Waals surface area (Å²) >= 11 is 0.922. The Labute approximate surface area is 189 Å². The second-order valence-corrected chi connectivity index (χ2v) is 7.15. The van der Waals surface area contributed by atoms with E-state index in [-0.39, 0.29) is 28.7 Å². The maximum atomic E-state index is 12.4. The summed E-state index contributed by atoms with van der Waals surface area (Å²) in [4.78, 5) is 37.2. The molecule has 0 unspecified atom stereocenters. The minimum absolute atomic E-state index is 0.0912. The van der Waals surface area contributed by atoms with E-state index in [4.69, 9.17) is 18.9 Å². The molecule has 11 heteroatoms. The molecular weight excluding hydrogens is 438 g/mol. The number of methoxy groups -OCH3 is 2. The Hall–Kier alpha value is -3.60. The van der Waals surface area contributed by atoms with Gasteiger partial charge in [-0.05, 0) is 44.5 Å². The summed E-state index contributed by atoms with van der Waals surface area (Å²) in [5.74, 6) is -0.112. The maximum Gasteiger partial charge on any atom is 0.348 e. The fourth-order valence-corrected chi connectivity index (χ4v) is 3.76. The molecule has 10 nitrogen and oxygen atoms in total. The van der Waals surface area contributed by atoms with Crippen molar-refractivity contribution in [3.8, 4) is 11.5 Å². The number of hydrazone groups is 1. The van der Waals surface area contributed by atoms with Crippen LogP contribution < -0.4 is 20.2 Å². The van der Waals surface area contributed by atoms with E-state index in [2.05, 4.69) is 15.8 Å². The third kappa shape index (κ3) is 5.97. The second-order valence-electron chi connectivity index (χ2n) is 6.13. The summed E-state index contributed by atoms with van der Waals surface area (Å²) in [5, 5.41) is 6.58. The van der Waals surface area contributed by atoms with Crippen molar-refractivity contribution in [2.75, 3.05) is 32.8 Å². The Morgan fingerprint density at radius 2 is 1.75 bits per heavy atom. The van der Waals surface area contributed by atoms with Gasteiger partial charge in [0.25, 0.3) is 0 Å². The third-order valence-corrected chi connectivity index (χ3v) is 5.31. The number of hydrogen-bond acceptors (Lipinski definition) is 9. The number of nitrogens with one attached hydrogen (secondary N) is 2. The first-order chi connectivity index (χ1) is 15.4. The number of urea groups is 1. The molecule has 0 radical (unpaired) electrons. The van der Waals surface area contributed by atoms with Gasteiger partial charge >= 0.3 is 18.0 Å². The fourth-order valence-electron chi connectivity index (χ4n) is 2.67. The lowest BCUT2D eigenvalue weighted by molar-refractivity contribution is 0.0527. The Morgan fingerprint density at radius 3 is 2.38 bits per heavy atom. The lowest BCUT2D eigenvalue weighted by atomic mass is 10.1. The van der Waals surface area contributed by atoms with Crippen molar-refractivity contribution < 1.29 is 33.3 Å². The standard InChI is InChI=1S/C21H25N3O7S/c1-6-30-19(25)16-12(3)17(20(26)31-7-2)32-18(16)23-21(27)24-22-11-13-10-14(28-4)8-9-15(13)29-5/h8-11H,6-7H2,1-5H3,(H2,23,24,27). The molecule has 0 atom stereocenters. The molecule has 0 spiro atoms. The van der Waals surface area contributed by atoms with Crippen molar-refractivity contribution in [1.29, 1.82) is 0 Å². The molecule has 0 aliphatic rings. The Bertz CT molecular complexity index is 1020. The van der Waals surface area contributed by atoms with Gasteiger partial charge in [-0.1, -0.05) is 0 Å². The first-order valence-corrected chi connectivity index (χ1v) is 10.5. The van der Waals surface area contributed by atoms with E-state index in [1.807, 2.05) is 0 Å². The maximum absolute atomic E-state index is 12.4. The van der Waals surface area contributed by atoms with Crippen LogP contribution in [0.25, 0.3) is 0 Å². The van der Waals surface area contributed by atoms with Crippen LogP contribution in [-0.4, -0.2) is 51.6 Å². The fraction of sp³-hybridized carbons (Fsp3) is 0.333. The number of carbonyl (C=O) groups is 3. The summed E-state index contributed by atoms with van der Waals surface area (Å²) < 4.78 is 20.5. The minimum Gasteiger partial charge on any atom is -0.497 e. The highest BCUT2D eigenvalue weighted by atomic mass is 32.1. The number of benzene rings is 1. The molecule has 32 heavy (non-hydrogen) atoms. The first-order valence-electron chi connectivity index (χ1n) is 9.65. The first kappa shape index (κ1) is 24.7. The number of rotatable bonds is 9. The van der Waals surface area contributed by atoms with E-state index >= 15 is 0 Å². The Balaban J connectivity index is 2.22. The van der Waals surface area contributed by atoms with E-state index in [1.54, 1.807) is 39.0 Å². The largest absolute Gasteiger partial charge is 0.497 e. The molecule has 2 rings (SSSR count). The van der Waals surface area contributed by atoms with Crippen LogP contribution in [0, 0.1) is 6.92 Å². The number of amides is 2. The molecule has 0 bridgehead atoms. The molecule has 0 saturated carbocycles. The highest BCUT2D eigenvalue weighted by Gasteiger charge is 2.27. The van der Waals surface area contributed by atoms with Crippen LogP contribution in [0.1, 0.15) is 45.0 Å². The molecule has 2 amide bonds. The molecule has 0 saturated heterocycles. The molecule has 1 aromatic carbocycles. The van der Waals surface area contributed by atoms with Gasteiger partial charge in [0.15, 0.2) is 0 Å². The number of thiophene rings is 1. The number of nitrogens with zero attached hydrogens (tertiary/aromatic N) is 1. The molecule has 0 fully saturated rings. The van der Waals surface area contributed by atoms with Gasteiger partial charge in [0.05, 0.1) is 39.2 Å². The summed E-state index contributed by atoms with van der Waals surface area (Å²) in [6.45, 7) is 5.24. The van der Waals surface area contributed by atoms with E-state index in [9.17, 15) is 14.4 Å². The topological polar surface area (TPSA) is 125 Å². The number of esters is 2. The Kier molecular flexibility index (Phi) is 9.02. The minimum atomic E-state index is -0.717. The zero-order valence-electron chi connectivity index (χ0n) is 18.4. The smallest absolute Gasteiger partial charge is 0.348 e. The van der Waals surface area contributed by atoms with E-state index in [0.717, 1.165) is 11.3 Å². The van der Waals surface area contributed by atoms with Gasteiger partial charge in [-0.25, -0.2) is 19.8 Å². The van der Waals surface area contributed by atoms with Crippen molar-refractivity contribution in [3.63, 3.8) is 0 Å². The summed E-state index contributed by atoms with van der Waals surface area (Å²) in [6.07, 6.45) is 1.39. The third-order valence-electron chi connectivity index (χ3n) is 4.12. The van der Waals surface area contributed by atoms with Gasteiger partial charge in [-0.15, -0.1) is 11.3 Å². The van der Waals surface area contributed by atoms with Crippen LogP contribution in [0.3, 0.4) is 0 Å². The van der Waals surface area contributed by atoms with E-state index in [0.29, 0.717) is 22.6 Å². The number of hydrogen-bond donors (Lipinski definition) is 2. The normalized spacial score (nSPS) is 10.5. The molecule has 0 aliphatic heterocycles. The van der Waals surface area contributed by atoms with E-state index < -0.39 is 18.0 Å². The molecule has 2 aromatic rings. The Morgan fingerprint density at radius 1 is 1.06 bits per heavy atom. The van der Waals surface area contributed by atoms with Crippen molar-refractivity contribution in [1.82, 2.24) is 5.43 Å². The summed E-state index contributed by atoms with van der Waals surface area (Å²) in [6, 6.07) is 4.41. The average Bonchev–Trinajstić information content (AvgIpc) is 3.09. The lowest BCUT2D eigenvalue weighted by Crippen LogP contribution is -2.25. The molecular formula is C21H25N3O7S. The van der Waals surface area contributed by atoms with Crippen LogP contribution in [0.4, 0.5) is 9.80 Å². The van der Waals surface area contributed by atoms with Crippen LogP contribution in [0.5, 0.6) is 11.5 Å². The predicted molar refractivity (Wildman–Crippen MR) is 120 cm³/mol. The zero-order chi connectivity index (χ0) is 23.7. The van der Waals surface area contributed by atoms with Gasteiger partial charge in [0.1, 0.15) is 21.4 Å². The summed E-state index contributed by atoms with van der Waals surface area (Å²) in [5.41, 5.74) is 3.35. The zero-order valence-corrected chi connectivity index (χ0v) is 19.3. The van der Waals surface area contributed by atoms with Crippen LogP contribution in [0.2, 0.25) is 0 Å². The van der Waals surface area contributed by atoms with Crippen LogP contribution in [-0.2, 0) is 9.47 Å². The van der Waals surface area contributed by atoms with Gasteiger partial charge < -0.3 is 18.9 Å². The van der Waals surface area contributed by atoms with Crippen LogP contribution in [0.15, 0.2) is 23.3 Å².